The van der Waals surface area contributed by atoms with E-state index in [0.717, 1.165) is 23.1 Å². The highest BCUT2D eigenvalue weighted by Crippen LogP contribution is 2.44. The quantitative estimate of drug-likeness (QED) is 0.179. The second-order valence-electron chi connectivity index (χ2n) is 9.05. The third-order valence-electron chi connectivity index (χ3n) is 6.43. The predicted octanol–water partition coefficient (Wildman–Crippen LogP) is 6.67. The lowest BCUT2D eigenvalue weighted by Gasteiger charge is -2.24. The molecule has 0 fully saturated rings. The first-order chi connectivity index (χ1) is 19.0. The lowest BCUT2D eigenvalue weighted by atomic mass is 9.95. The number of hydrogen-bond acceptors (Lipinski definition) is 7. The number of benzene rings is 3. The second-order valence-corrected chi connectivity index (χ2v) is 10.1. The van der Waals surface area contributed by atoms with Crippen molar-refractivity contribution in [2.75, 3.05) is 18.6 Å². The molecule has 0 spiro atoms. The van der Waals surface area contributed by atoms with E-state index in [9.17, 15) is 14.7 Å². The molecule has 4 aromatic rings. The third kappa shape index (κ3) is 5.42. The van der Waals surface area contributed by atoms with Gasteiger partial charge in [-0.05, 0) is 54.0 Å². The van der Waals surface area contributed by atoms with Crippen molar-refractivity contribution >= 4 is 44.5 Å². The van der Waals surface area contributed by atoms with E-state index in [2.05, 4.69) is 11.9 Å². The SMILES string of the molecule is CCCCOc1cccc(C2C(C(=O)C=Cc3ccccc3)=C(O)C(=O)N2c2nc3ccc(OC)cc3s2)c1. The number of fused-ring (bicyclic) bond motifs is 1. The number of ether oxygens (including phenoxy) is 2. The summed E-state index contributed by atoms with van der Waals surface area (Å²) in [6, 6.07) is 21.2. The van der Waals surface area contributed by atoms with Crippen molar-refractivity contribution in [1.29, 1.82) is 0 Å². The monoisotopic (exact) mass is 540 g/mol. The highest BCUT2D eigenvalue weighted by molar-refractivity contribution is 7.22. The summed E-state index contributed by atoms with van der Waals surface area (Å²) in [4.78, 5) is 33.1. The highest BCUT2D eigenvalue weighted by Gasteiger charge is 2.45. The molecule has 2 heterocycles. The molecule has 198 valence electrons. The van der Waals surface area contributed by atoms with Gasteiger partial charge in [-0.2, -0.15) is 0 Å². The number of unbranched alkanes of at least 4 members (excludes halogenated alkanes) is 1. The van der Waals surface area contributed by atoms with Crippen molar-refractivity contribution in [2.24, 2.45) is 0 Å². The molecule has 1 aliphatic rings. The van der Waals surface area contributed by atoms with Crippen LogP contribution in [0.15, 0.2) is 90.2 Å². The molecule has 0 saturated heterocycles. The van der Waals surface area contributed by atoms with Crippen LogP contribution in [0.4, 0.5) is 5.13 Å². The van der Waals surface area contributed by atoms with Crippen LogP contribution in [0.25, 0.3) is 16.3 Å². The molecule has 1 amide bonds. The number of aliphatic hydroxyl groups is 1. The van der Waals surface area contributed by atoms with Gasteiger partial charge in [0.2, 0.25) is 0 Å². The Morgan fingerprint density at radius 1 is 1.08 bits per heavy atom. The zero-order valence-corrected chi connectivity index (χ0v) is 22.5. The van der Waals surface area contributed by atoms with Crippen LogP contribution in [0.5, 0.6) is 11.5 Å². The Kier molecular flexibility index (Phi) is 7.74. The summed E-state index contributed by atoms with van der Waals surface area (Å²) in [6.07, 6.45) is 4.95. The van der Waals surface area contributed by atoms with E-state index in [1.165, 1.54) is 22.3 Å². The number of carbonyl (C=O) groups is 2. The van der Waals surface area contributed by atoms with Gasteiger partial charge >= 0.3 is 0 Å². The number of rotatable bonds is 10. The van der Waals surface area contributed by atoms with E-state index in [1.54, 1.807) is 19.3 Å². The molecule has 1 N–H and O–H groups in total. The molecule has 1 unspecified atom stereocenters. The van der Waals surface area contributed by atoms with E-state index >= 15 is 0 Å². The van der Waals surface area contributed by atoms with Crippen LogP contribution in [0, 0.1) is 0 Å². The molecule has 8 heteroatoms. The van der Waals surface area contributed by atoms with Gasteiger partial charge < -0.3 is 14.6 Å². The zero-order chi connectivity index (χ0) is 27.4. The maximum atomic E-state index is 13.5. The summed E-state index contributed by atoms with van der Waals surface area (Å²) >= 11 is 1.29. The van der Waals surface area contributed by atoms with Crippen LogP contribution >= 0.6 is 11.3 Å². The first-order valence-corrected chi connectivity index (χ1v) is 13.5. The van der Waals surface area contributed by atoms with Crippen LogP contribution in [-0.4, -0.2) is 35.5 Å². The van der Waals surface area contributed by atoms with E-state index in [1.807, 2.05) is 66.7 Å². The molecule has 0 aliphatic carbocycles. The fourth-order valence-electron chi connectivity index (χ4n) is 4.43. The number of carbonyl (C=O) groups excluding carboxylic acids is 2. The number of hydrogen-bond donors (Lipinski definition) is 1. The smallest absolute Gasteiger partial charge is 0.296 e. The van der Waals surface area contributed by atoms with Crippen LogP contribution in [0.3, 0.4) is 0 Å². The Labute approximate surface area is 230 Å². The number of aromatic nitrogens is 1. The summed E-state index contributed by atoms with van der Waals surface area (Å²) in [5.74, 6) is -0.434. The Morgan fingerprint density at radius 3 is 2.67 bits per heavy atom. The third-order valence-corrected chi connectivity index (χ3v) is 7.45. The van der Waals surface area contributed by atoms with Gasteiger partial charge in [0.25, 0.3) is 5.91 Å². The van der Waals surface area contributed by atoms with Gasteiger partial charge in [-0.1, -0.05) is 73.2 Å². The summed E-state index contributed by atoms with van der Waals surface area (Å²) in [7, 11) is 1.58. The van der Waals surface area contributed by atoms with Gasteiger partial charge in [-0.25, -0.2) is 4.98 Å². The molecule has 3 aromatic carbocycles. The molecular formula is C31H28N2O5S. The largest absolute Gasteiger partial charge is 0.503 e. The molecule has 5 rings (SSSR count). The lowest BCUT2D eigenvalue weighted by molar-refractivity contribution is -0.117. The first-order valence-electron chi connectivity index (χ1n) is 12.7. The Bertz CT molecular complexity index is 1570. The lowest BCUT2D eigenvalue weighted by Crippen LogP contribution is -2.30. The fraction of sp³-hybridized carbons (Fsp3) is 0.194. The average Bonchev–Trinajstić information content (AvgIpc) is 3.50. The van der Waals surface area contributed by atoms with Crippen molar-refractivity contribution in [2.45, 2.75) is 25.8 Å². The fourth-order valence-corrected chi connectivity index (χ4v) is 5.45. The summed E-state index contributed by atoms with van der Waals surface area (Å²) in [5.41, 5.74) is 2.14. The van der Waals surface area contributed by atoms with Crippen LogP contribution in [-0.2, 0) is 9.59 Å². The van der Waals surface area contributed by atoms with Gasteiger partial charge in [0.1, 0.15) is 11.5 Å². The first kappa shape index (κ1) is 26.2. The molecular weight excluding hydrogens is 512 g/mol. The van der Waals surface area contributed by atoms with E-state index in [0.29, 0.717) is 34.3 Å². The summed E-state index contributed by atoms with van der Waals surface area (Å²) in [5, 5.41) is 11.4. The van der Waals surface area contributed by atoms with Gasteiger partial charge in [0.15, 0.2) is 16.7 Å². The molecule has 0 radical (unpaired) electrons. The number of methoxy groups -OCH3 is 1. The summed E-state index contributed by atoms with van der Waals surface area (Å²) in [6.45, 7) is 2.64. The number of ketones is 1. The van der Waals surface area contributed by atoms with Crippen LogP contribution in [0.1, 0.15) is 36.9 Å². The zero-order valence-electron chi connectivity index (χ0n) is 21.7. The molecule has 0 bridgehead atoms. The Morgan fingerprint density at radius 2 is 1.90 bits per heavy atom. The minimum absolute atomic E-state index is 0.00488. The molecule has 7 nitrogen and oxygen atoms in total. The molecule has 1 atom stereocenters. The van der Waals surface area contributed by atoms with Crippen molar-refractivity contribution < 1.29 is 24.2 Å². The van der Waals surface area contributed by atoms with E-state index in [-0.39, 0.29) is 5.57 Å². The number of allylic oxidation sites excluding steroid dienone is 1. The second kappa shape index (κ2) is 11.5. The molecule has 1 aliphatic heterocycles. The number of anilines is 1. The van der Waals surface area contributed by atoms with Crippen molar-refractivity contribution in [1.82, 2.24) is 4.98 Å². The van der Waals surface area contributed by atoms with Crippen molar-refractivity contribution in [3.63, 3.8) is 0 Å². The van der Waals surface area contributed by atoms with Gasteiger partial charge in [-0.15, -0.1) is 0 Å². The number of aliphatic hydroxyl groups excluding tert-OH is 1. The van der Waals surface area contributed by atoms with Crippen molar-refractivity contribution in [3.8, 4) is 11.5 Å². The topological polar surface area (TPSA) is 89.0 Å². The Balaban J connectivity index is 1.58. The standard InChI is InChI=1S/C31H28N2O5S/c1-3-4-17-38-23-12-8-11-21(18-23)28-27(25(34)16-13-20-9-6-5-7-10-20)29(35)30(36)33(28)31-32-24-15-14-22(37-2)19-26(24)39-31/h5-16,18-19,28,35H,3-4,17H2,1-2H3. The maximum absolute atomic E-state index is 13.5. The maximum Gasteiger partial charge on any atom is 0.296 e. The minimum atomic E-state index is -0.886. The van der Waals surface area contributed by atoms with Crippen LogP contribution in [0.2, 0.25) is 0 Å². The normalized spacial score (nSPS) is 15.5. The summed E-state index contributed by atoms with van der Waals surface area (Å²) < 4.78 is 12.1. The van der Waals surface area contributed by atoms with Gasteiger partial charge in [0.05, 0.1) is 35.5 Å². The molecule has 1 aromatic heterocycles. The number of nitrogens with zero attached hydrogens (tertiary/aromatic N) is 2. The van der Waals surface area contributed by atoms with Gasteiger partial charge in [0, 0.05) is 0 Å². The van der Waals surface area contributed by atoms with E-state index < -0.39 is 23.5 Å². The van der Waals surface area contributed by atoms with Gasteiger partial charge in [-0.3, -0.25) is 14.5 Å². The molecule has 39 heavy (non-hydrogen) atoms. The average molecular weight is 541 g/mol. The molecule has 0 saturated carbocycles. The predicted molar refractivity (Wildman–Crippen MR) is 153 cm³/mol. The Hall–Kier alpha value is -4.43. The highest BCUT2D eigenvalue weighted by atomic mass is 32.1. The van der Waals surface area contributed by atoms with E-state index in [4.69, 9.17) is 9.47 Å². The van der Waals surface area contributed by atoms with Crippen LogP contribution < -0.4 is 14.4 Å². The minimum Gasteiger partial charge on any atom is -0.503 e. The number of thiazole rings is 1. The van der Waals surface area contributed by atoms with Crippen molar-refractivity contribution in [3.05, 3.63) is 101 Å². The number of amides is 1.